The number of nitro groups is 1. The van der Waals surface area contributed by atoms with Crippen molar-refractivity contribution < 1.29 is 9.72 Å². The first kappa shape index (κ1) is 12.7. The van der Waals surface area contributed by atoms with Gasteiger partial charge in [-0.25, -0.2) is 0 Å². The van der Waals surface area contributed by atoms with Gasteiger partial charge in [0, 0.05) is 30.7 Å². The average molecular weight is 232 g/mol. The van der Waals surface area contributed by atoms with Gasteiger partial charge in [-0.2, -0.15) is 0 Å². The second-order valence-corrected chi connectivity index (χ2v) is 3.47. The Hall–Kier alpha value is -2.35. The molecule has 0 aliphatic rings. The molecule has 0 saturated heterocycles. The number of amides is 1. The molecule has 0 bridgehead atoms. The molecule has 1 amide bonds. The smallest absolute Gasteiger partial charge is 0.270 e. The molecule has 0 unspecified atom stereocenters. The summed E-state index contributed by atoms with van der Waals surface area (Å²) in [6.07, 6.45) is 5.49. The number of benzene rings is 1. The lowest BCUT2D eigenvalue weighted by molar-refractivity contribution is -0.384. The van der Waals surface area contributed by atoms with Crippen LogP contribution in [0.4, 0.5) is 5.69 Å². The number of aryl methyl sites for hydroxylation is 1. The van der Waals surface area contributed by atoms with Gasteiger partial charge in [-0.05, 0) is 12.5 Å². The van der Waals surface area contributed by atoms with Crippen LogP contribution in [0.5, 0.6) is 0 Å². The highest BCUT2D eigenvalue weighted by molar-refractivity contribution is 5.96. The van der Waals surface area contributed by atoms with Crippen molar-refractivity contribution in [2.24, 2.45) is 0 Å². The molecule has 0 saturated carbocycles. The lowest BCUT2D eigenvalue weighted by Gasteiger charge is -2.06. The van der Waals surface area contributed by atoms with Crippen LogP contribution in [0.25, 0.3) is 0 Å². The maximum Gasteiger partial charge on any atom is 0.270 e. The molecule has 1 N–H and O–H groups in total. The van der Waals surface area contributed by atoms with Crippen molar-refractivity contribution >= 4 is 11.6 Å². The van der Waals surface area contributed by atoms with E-state index < -0.39 is 4.92 Å². The van der Waals surface area contributed by atoms with Crippen molar-refractivity contribution in [3.05, 3.63) is 39.4 Å². The molecule has 0 atom stereocenters. The van der Waals surface area contributed by atoms with Crippen LogP contribution in [0.2, 0.25) is 0 Å². The molecule has 0 aromatic heterocycles. The number of nitrogens with one attached hydrogen (secondary N) is 1. The zero-order chi connectivity index (χ0) is 12.8. The van der Waals surface area contributed by atoms with Gasteiger partial charge in [0.25, 0.3) is 11.6 Å². The number of non-ortho nitro benzene ring substituents is 1. The summed E-state index contributed by atoms with van der Waals surface area (Å²) in [5, 5.41) is 13.2. The Morgan fingerprint density at radius 1 is 1.59 bits per heavy atom. The van der Waals surface area contributed by atoms with Crippen molar-refractivity contribution in [2.75, 3.05) is 6.54 Å². The van der Waals surface area contributed by atoms with E-state index in [2.05, 4.69) is 11.2 Å². The van der Waals surface area contributed by atoms with E-state index in [0.29, 0.717) is 24.1 Å². The monoisotopic (exact) mass is 232 g/mol. The summed E-state index contributed by atoms with van der Waals surface area (Å²) in [4.78, 5) is 21.8. The van der Waals surface area contributed by atoms with Gasteiger partial charge in [-0.1, -0.05) is 6.07 Å². The van der Waals surface area contributed by atoms with Crippen molar-refractivity contribution in [2.45, 2.75) is 13.3 Å². The number of nitro benzene ring substituents is 1. The molecule has 1 aromatic rings. The third-order valence-corrected chi connectivity index (χ3v) is 2.23. The number of hydrogen-bond donors (Lipinski definition) is 1. The molecule has 88 valence electrons. The van der Waals surface area contributed by atoms with Gasteiger partial charge in [0.05, 0.1) is 4.92 Å². The Morgan fingerprint density at radius 3 is 2.88 bits per heavy atom. The molecule has 1 aromatic carbocycles. The topological polar surface area (TPSA) is 72.2 Å². The van der Waals surface area contributed by atoms with E-state index >= 15 is 0 Å². The van der Waals surface area contributed by atoms with Crippen molar-refractivity contribution in [1.29, 1.82) is 0 Å². The van der Waals surface area contributed by atoms with Crippen LogP contribution in [0.3, 0.4) is 0 Å². The lowest BCUT2D eigenvalue weighted by Crippen LogP contribution is -2.25. The third kappa shape index (κ3) is 3.31. The first-order valence-electron chi connectivity index (χ1n) is 5.03. The normalized spacial score (nSPS) is 9.41. The minimum atomic E-state index is -0.530. The Morgan fingerprint density at radius 2 is 2.29 bits per heavy atom. The van der Waals surface area contributed by atoms with Crippen LogP contribution in [0.1, 0.15) is 22.3 Å². The van der Waals surface area contributed by atoms with Crippen molar-refractivity contribution in [3.8, 4) is 12.3 Å². The van der Waals surface area contributed by atoms with Crippen LogP contribution in [0.15, 0.2) is 18.2 Å². The molecule has 5 heteroatoms. The first-order valence-corrected chi connectivity index (χ1v) is 5.03. The zero-order valence-corrected chi connectivity index (χ0v) is 9.40. The molecule has 0 aliphatic heterocycles. The van der Waals surface area contributed by atoms with Crippen LogP contribution in [0, 0.1) is 29.4 Å². The second kappa shape index (κ2) is 5.66. The maximum atomic E-state index is 11.7. The van der Waals surface area contributed by atoms with Crippen molar-refractivity contribution in [1.82, 2.24) is 5.32 Å². The van der Waals surface area contributed by atoms with E-state index in [1.165, 1.54) is 12.1 Å². The van der Waals surface area contributed by atoms with Crippen molar-refractivity contribution in [3.63, 3.8) is 0 Å². The Labute approximate surface area is 99.0 Å². The SMILES string of the molecule is C#CCCNC(=O)c1cc([N+](=O)[O-])ccc1C. The number of rotatable bonds is 4. The van der Waals surface area contributed by atoms with E-state index in [0.717, 1.165) is 0 Å². The first-order chi connectivity index (χ1) is 8.06. The number of terminal acetylenes is 1. The fourth-order valence-electron chi connectivity index (χ4n) is 1.31. The zero-order valence-electron chi connectivity index (χ0n) is 9.40. The van der Waals surface area contributed by atoms with E-state index in [-0.39, 0.29) is 11.6 Å². The van der Waals surface area contributed by atoms with Crippen LogP contribution in [-0.4, -0.2) is 17.4 Å². The van der Waals surface area contributed by atoms with E-state index in [9.17, 15) is 14.9 Å². The van der Waals surface area contributed by atoms with Crippen LogP contribution in [-0.2, 0) is 0 Å². The summed E-state index contributed by atoms with van der Waals surface area (Å²) in [6.45, 7) is 2.08. The van der Waals surface area contributed by atoms with Gasteiger partial charge >= 0.3 is 0 Å². The van der Waals surface area contributed by atoms with Gasteiger partial charge < -0.3 is 5.32 Å². The number of carbonyl (C=O) groups excluding carboxylic acids is 1. The number of nitrogens with zero attached hydrogens (tertiary/aromatic N) is 1. The molecular weight excluding hydrogens is 220 g/mol. The van der Waals surface area contributed by atoms with E-state index in [1.54, 1.807) is 13.0 Å². The molecule has 0 aliphatic carbocycles. The summed E-state index contributed by atoms with van der Waals surface area (Å²) >= 11 is 0. The summed E-state index contributed by atoms with van der Waals surface area (Å²) in [5.41, 5.74) is 0.891. The maximum absolute atomic E-state index is 11.7. The Bertz CT molecular complexity index is 489. The van der Waals surface area contributed by atoms with E-state index in [1.807, 2.05) is 0 Å². The highest BCUT2D eigenvalue weighted by Gasteiger charge is 2.13. The van der Waals surface area contributed by atoms with E-state index in [4.69, 9.17) is 6.42 Å². The predicted octanol–water partition coefficient (Wildman–Crippen LogP) is 1.66. The predicted molar refractivity (Wildman–Crippen MR) is 63.6 cm³/mol. The molecule has 1 rings (SSSR count). The molecule has 0 heterocycles. The molecule has 0 fully saturated rings. The minimum absolute atomic E-state index is 0.0994. The molecule has 0 radical (unpaired) electrons. The van der Waals surface area contributed by atoms with Gasteiger partial charge in [0.2, 0.25) is 0 Å². The molecule has 5 nitrogen and oxygen atoms in total. The van der Waals surface area contributed by atoms with Gasteiger partial charge in [0.15, 0.2) is 0 Å². The standard InChI is InChI=1S/C12H12N2O3/c1-3-4-7-13-12(15)11-8-10(14(16)17)6-5-9(11)2/h1,5-6,8H,4,7H2,2H3,(H,13,15). The molecular formula is C12H12N2O3. The third-order valence-electron chi connectivity index (χ3n) is 2.23. The largest absolute Gasteiger partial charge is 0.351 e. The van der Waals surface area contributed by atoms with Crippen LogP contribution >= 0.6 is 0 Å². The summed E-state index contributed by atoms with van der Waals surface area (Å²) < 4.78 is 0. The fraction of sp³-hybridized carbons (Fsp3) is 0.250. The van der Waals surface area contributed by atoms with Gasteiger partial charge in [0.1, 0.15) is 0 Å². The average Bonchev–Trinajstić information content (AvgIpc) is 2.29. The Balaban J connectivity index is 2.89. The van der Waals surface area contributed by atoms with Crippen LogP contribution < -0.4 is 5.32 Å². The second-order valence-electron chi connectivity index (χ2n) is 3.47. The summed E-state index contributed by atoms with van der Waals surface area (Å²) in [5.74, 6) is 2.05. The molecule has 0 spiro atoms. The quantitative estimate of drug-likeness (QED) is 0.371. The lowest BCUT2D eigenvalue weighted by atomic mass is 10.1. The van der Waals surface area contributed by atoms with Gasteiger partial charge in [-0.15, -0.1) is 12.3 Å². The highest BCUT2D eigenvalue weighted by atomic mass is 16.6. The number of hydrogen-bond acceptors (Lipinski definition) is 3. The fourth-order valence-corrected chi connectivity index (χ4v) is 1.31. The minimum Gasteiger partial charge on any atom is -0.351 e. The summed E-state index contributed by atoms with van der Waals surface area (Å²) in [6, 6.07) is 4.18. The van der Waals surface area contributed by atoms with Gasteiger partial charge in [-0.3, -0.25) is 14.9 Å². The number of carbonyl (C=O) groups is 1. The highest BCUT2D eigenvalue weighted by Crippen LogP contribution is 2.17. The Kier molecular flexibility index (Phi) is 4.23. The summed E-state index contributed by atoms with van der Waals surface area (Å²) in [7, 11) is 0. The molecule has 17 heavy (non-hydrogen) atoms.